The van der Waals surface area contributed by atoms with Crippen molar-refractivity contribution in [2.45, 2.75) is 78.6 Å². The molecule has 2 atom stereocenters. The number of carbonyl (C=O) groups is 1. The predicted octanol–water partition coefficient (Wildman–Crippen LogP) is 4.87. The Hall–Kier alpha value is -0.530. The zero-order valence-corrected chi connectivity index (χ0v) is 11.9. The molecular weight excluding hydrogens is 212 g/mol. The zero-order chi connectivity index (χ0) is 13.1. The van der Waals surface area contributed by atoms with Gasteiger partial charge in [0.2, 0.25) is 0 Å². The molecule has 0 aromatic rings. The van der Waals surface area contributed by atoms with Crippen LogP contribution in [-0.2, 0) is 4.79 Å². The van der Waals surface area contributed by atoms with Gasteiger partial charge in [0.15, 0.2) is 0 Å². The fourth-order valence-corrected chi connectivity index (χ4v) is 2.44. The Bertz CT molecular complexity index is 189. The van der Waals surface area contributed by atoms with Gasteiger partial charge in [-0.05, 0) is 18.8 Å². The summed E-state index contributed by atoms with van der Waals surface area (Å²) in [4.78, 5) is 11.0. The van der Waals surface area contributed by atoms with E-state index in [9.17, 15) is 4.79 Å². The monoisotopic (exact) mass is 242 g/mol. The van der Waals surface area contributed by atoms with Gasteiger partial charge in [0.25, 0.3) is 0 Å². The first-order chi connectivity index (χ1) is 8.13. The number of hydrogen-bond acceptors (Lipinski definition) is 1. The number of carboxylic acids is 1. The van der Waals surface area contributed by atoms with Crippen LogP contribution in [0.15, 0.2) is 0 Å². The molecule has 0 spiro atoms. The molecule has 102 valence electrons. The summed E-state index contributed by atoms with van der Waals surface area (Å²) in [6.45, 7) is 6.29. The van der Waals surface area contributed by atoms with Crippen molar-refractivity contribution in [2.75, 3.05) is 0 Å². The maximum Gasteiger partial charge on any atom is 0.306 e. The highest BCUT2D eigenvalue weighted by atomic mass is 16.4. The number of carboxylic acid groups (broad SMARTS) is 1. The standard InChI is InChI=1S/C15H30O2/c1-4-6-7-8-9-10-11-12-13(3)14(5-2)15(16)17/h13-14H,4-12H2,1-3H3,(H,16,17). The zero-order valence-electron chi connectivity index (χ0n) is 11.9. The summed E-state index contributed by atoms with van der Waals surface area (Å²) in [5.74, 6) is -0.439. The van der Waals surface area contributed by atoms with Gasteiger partial charge in [-0.3, -0.25) is 4.79 Å². The van der Waals surface area contributed by atoms with Gasteiger partial charge in [-0.2, -0.15) is 0 Å². The Morgan fingerprint density at radius 3 is 2.00 bits per heavy atom. The van der Waals surface area contributed by atoms with Crippen molar-refractivity contribution >= 4 is 5.97 Å². The van der Waals surface area contributed by atoms with Crippen LogP contribution < -0.4 is 0 Å². The molecule has 0 rings (SSSR count). The van der Waals surface area contributed by atoms with Crippen molar-refractivity contribution in [2.24, 2.45) is 11.8 Å². The van der Waals surface area contributed by atoms with Crippen molar-refractivity contribution in [3.05, 3.63) is 0 Å². The first-order valence-electron chi connectivity index (χ1n) is 7.36. The Labute approximate surface area is 107 Å². The van der Waals surface area contributed by atoms with Crippen LogP contribution in [0.4, 0.5) is 0 Å². The van der Waals surface area contributed by atoms with E-state index in [2.05, 4.69) is 13.8 Å². The second kappa shape index (κ2) is 10.6. The van der Waals surface area contributed by atoms with Crippen molar-refractivity contribution in [1.82, 2.24) is 0 Å². The van der Waals surface area contributed by atoms with Crippen LogP contribution in [0.1, 0.15) is 78.6 Å². The lowest BCUT2D eigenvalue weighted by Crippen LogP contribution is -2.20. The van der Waals surface area contributed by atoms with E-state index in [1.54, 1.807) is 0 Å². The van der Waals surface area contributed by atoms with Gasteiger partial charge in [0, 0.05) is 0 Å². The summed E-state index contributed by atoms with van der Waals surface area (Å²) >= 11 is 0. The third-order valence-electron chi connectivity index (χ3n) is 3.71. The van der Waals surface area contributed by atoms with Crippen LogP contribution in [0.25, 0.3) is 0 Å². The summed E-state index contributed by atoms with van der Waals surface area (Å²) in [5.41, 5.74) is 0. The number of aliphatic carboxylic acids is 1. The maximum absolute atomic E-state index is 11.0. The molecule has 0 aliphatic heterocycles. The first-order valence-corrected chi connectivity index (χ1v) is 7.36. The van der Waals surface area contributed by atoms with Gasteiger partial charge in [0.1, 0.15) is 0 Å². The Morgan fingerprint density at radius 2 is 1.53 bits per heavy atom. The van der Waals surface area contributed by atoms with Crippen molar-refractivity contribution in [1.29, 1.82) is 0 Å². The second-order valence-electron chi connectivity index (χ2n) is 5.24. The van der Waals surface area contributed by atoms with E-state index < -0.39 is 5.97 Å². The largest absolute Gasteiger partial charge is 0.481 e. The van der Waals surface area contributed by atoms with Crippen LogP contribution in [0.3, 0.4) is 0 Å². The van der Waals surface area contributed by atoms with Gasteiger partial charge >= 0.3 is 5.97 Å². The molecule has 0 heterocycles. The van der Waals surface area contributed by atoms with Crippen molar-refractivity contribution in [3.63, 3.8) is 0 Å². The van der Waals surface area contributed by atoms with Crippen LogP contribution in [0.5, 0.6) is 0 Å². The first kappa shape index (κ1) is 16.5. The molecular formula is C15H30O2. The molecule has 0 amide bonds. The van der Waals surface area contributed by atoms with E-state index in [1.165, 1.54) is 44.9 Å². The van der Waals surface area contributed by atoms with E-state index in [1.807, 2.05) is 6.92 Å². The molecule has 2 heteroatoms. The smallest absolute Gasteiger partial charge is 0.306 e. The average Bonchev–Trinajstić information content (AvgIpc) is 2.28. The highest BCUT2D eigenvalue weighted by Crippen LogP contribution is 2.22. The molecule has 0 fully saturated rings. The summed E-state index contributed by atoms with van der Waals surface area (Å²) in [6.07, 6.45) is 11.0. The molecule has 0 bridgehead atoms. The third-order valence-corrected chi connectivity index (χ3v) is 3.71. The van der Waals surface area contributed by atoms with Gasteiger partial charge in [-0.15, -0.1) is 0 Å². The highest BCUT2D eigenvalue weighted by molar-refractivity contribution is 5.70. The lowest BCUT2D eigenvalue weighted by Gasteiger charge is -2.18. The Morgan fingerprint density at radius 1 is 1.00 bits per heavy atom. The van der Waals surface area contributed by atoms with Gasteiger partial charge in [-0.1, -0.05) is 65.7 Å². The maximum atomic E-state index is 11.0. The van der Waals surface area contributed by atoms with Crippen molar-refractivity contribution < 1.29 is 9.90 Å². The van der Waals surface area contributed by atoms with E-state index in [4.69, 9.17) is 5.11 Å². The second-order valence-corrected chi connectivity index (χ2v) is 5.24. The van der Waals surface area contributed by atoms with Gasteiger partial charge in [0.05, 0.1) is 5.92 Å². The van der Waals surface area contributed by atoms with Crippen LogP contribution in [0, 0.1) is 11.8 Å². The predicted molar refractivity (Wildman–Crippen MR) is 73.2 cm³/mol. The minimum atomic E-state index is -0.622. The number of unbranched alkanes of at least 4 members (excludes halogenated alkanes) is 6. The topological polar surface area (TPSA) is 37.3 Å². The normalized spacial score (nSPS) is 14.5. The van der Waals surface area contributed by atoms with E-state index in [-0.39, 0.29) is 5.92 Å². The third kappa shape index (κ3) is 8.23. The molecule has 0 aliphatic rings. The summed E-state index contributed by atoms with van der Waals surface area (Å²) < 4.78 is 0. The van der Waals surface area contributed by atoms with E-state index >= 15 is 0 Å². The SMILES string of the molecule is CCCCCCCCCC(C)C(CC)C(=O)O. The lowest BCUT2D eigenvalue weighted by molar-refractivity contribution is -0.143. The van der Waals surface area contributed by atoms with Crippen LogP contribution in [0.2, 0.25) is 0 Å². The summed E-state index contributed by atoms with van der Waals surface area (Å²) in [5, 5.41) is 9.04. The molecule has 17 heavy (non-hydrogen) atoms. The number of rotatable bonds is 11. The fraction of sp³-hybridized carbons (Fsp3) is 0.933. The molecule has 0 aliphatic carbocycles. The van der Waals surface area contributed by atoms with E-state index in [0.29, 0.717) is 5.92 Å². The molecule has 0 saturated carbocycles. The summed E-state index contributed by atoms with van der Waals surface area (Å²) in [6, 6.07) is 0. The Balaban J connectivity index is 3.50. The van der Waals surface area contributed by atoms with Crippen LogP contribution in [-0.4, -0.2) is 11.1 Å². The highest BCUT2D eigenvalue weighted by Gasteiger charge is 2.21. The fourth-order valence-electron chi connectivity index (χ4n) is 2.44. The van der Waals surface area contributed by atoms with Crippen LogP contribution >= 0.6 is 0 Å². The van der Waals surface area contributed by atoms with E-state index in [0.717, 1.165) is 12.8 Å². The molecule has 0 saturated heterocycles. The lowest BCUT2D eigenvalue weighted by atomic mass is 9.87. The molecule has 2 nitrogen and oxygen atoms in total. The number of hydrogen-bond donors (Lipinski definition) is 1. The van der Waals surface area contributed by atoms with Gasteiger partial charge < -0.3 is 5.11 Å². The minimum Gasteiger partial charge on any atom is -0.481 e. The average molecular weight is 242 g/mol. The van der Waals surface area contributed by atoms with Crippen molar-refractivity contribution in [3.8, 4) is 0 Å². The Kier molecular flexibility index (Phi) is 10.3. The molecule has 0 aromatic carbocycles. The minimum absolute atomic E-state index is 0.143. The molecule has 2 unspecified atom stereocenters. The van der Waals surface area contributed by atoms with Gasteiger partial charge in [-0.25, -0.2) is 0 Å². The summed E-state index contributed by atoms with van der Waals surface area (Å²) in [7, 11) is 0. The molecule has 1 N–H and O–H groups in total. The molecule has 0 radical (unpaired) electrons. The molecule has 0 aromatic heterocycles. The quantitative estimate of drug-likeness (QED) is 0.525.